The Labute approximate surface area is 102 Å². The molecule has 0 aliphatic rings. The number of sulfonamides is 1. The molecule has 0 unspecified atom stereocenters. The number of Topliss-reactive ketones (excluding diaryl/α,β-unsaturated/α-hetero) is 1. The van der Waals surface area contributed by atoms with Crippen molar-refractivity contribution in [2.45, 2.75) is 12.9 Å². The molecule has 0 fully saturated rings. The summed E-state index contributed by atoms with van der Waals surface area (Å²) < 4.78 is 24.5. The number of nitrogens with one attached hydrogen (secondary N) is 1. The van der Waals surface area contributed by atoms with Crippen molar-refractivity contribution in [3.63, 3.8) is 0 Å². The van der Waals surface area contributed by atoms with Gasteiger partial charge in [-0.15, -0.1) is 0 Å². The Morgan fingerprint density at radius 2 is 2.06 bits per heavy atom. The van der Waals surface area contributed by atoms with Gasteiger partial charge in [-0.2, -0.15) is 0 Å². The van der Waals surface area contributed by atoms with E-state index < -0.39 is 10.0 Å². The molecule has 0 bridgehead atoms. The van der Waals surface area contributed by atoms with Gasteiger partial charge in [0.1, 0.15) is 0 Å². The average molecular weight is 252 g/mol. The van der Waals surface area contributed by atoms with Gasteiger partial charge in [-0.1, -0.05) is 0 Å². The topological polar surface area (TPSA) is 89.3 Å². The van der Waals surface area contributed by atoms with Crippen LogP contribution in [-0.2, 0) is 16.6 Å². The third kappa shape index (κ3) is 4.20. The second-order valence-electron chi connectivity index (χ2n) is 3.62. The van der Waals surface area contributed by atoms with E-state index in [9.17, 15) is 13.2 Å². The Morgan fingerprint density at radius 1 is 1.41 bits per heavy atom. The van der Waals surface area contributed by atoms with Crippen LogP contribution in [0.5, 0.6) is 0 Å². The van der Waals surface area contributed by atoms with Gasteiger partial charge >= 0.3 is 0 Å². The lowest BCUT2D eigenvalue weighted by Gasteiger charge is -2.08. The molecule has 5 nitrogen and oxygen atoms in total. The fourth-order valence-electron chi connectivity index (χ4n) is 1.36. The molecule has 2 radical (unpaired) electrons. The van der Waals surface area contributed by atoms with Gasteiger partial charge in [0.2, 0.25) is 10.0 Å². The molecular weight excluding hydrogens is 239 g/mol. The molecule has 1 rings (SSSR count). The van der Waals surface area contributed by atoms with Crippen LogP contribution in [0.3, 0.4) is 0 Å². The van der Waals surface area contributed by atoms with Crippen molar-refractivity contribution < 1.29 is 13.2 Å². The molecule has 90 valence electrons. The number of hydrogen-bond acceptors (Lipinski definition) is 4. The molecule has 0 heterocycles. The SMILES string of the molecule is [B]CC(=O)c1cc(CN)cc(NS(C)(=O)=O)c1. The lowest BCUT2D eigenvalue weighted by Crippen LogP contribution is -2.11. The Bertz CT molecular complexity index is 528. The summed E-state index contributed by atoms with van der Waals surface area (Å²) in [4.78, 5) is 11.5. The maximum absolute atomic E-state index is 11.5. The highest BCUT2D eigenvalue weighted by atomic mass is 32.2. The molecule has 0 aliphatic carbocycles. The summed E-state index contributed by atoms with van der Waals surface area (Å²) in [5.41, 5.74) is 6.80. The molecule has 1 aromatic rings. The smallest absolute Gasteiger partial charge is 0.229 e. The molecule has 17 heavy (non-hydrogen) atoms. The molecule has 0 saturated heterocycles. The van der Waals surface area contributed by atoms with Crippen molar-refractivity contribution in [2.75, 3.05) is 11.0 Å². The van der Waals surface area contributed by atoms with E-state index in [1.807, 2.05) is 0 Å². The Hall–Kier alpha value is -1.34. The first-order chi connectivity index (χ1) is 7.85. The van der Waals surface area contributed by atoms with E-state index in [4.69, 9.17) is 13.6 Å². The van der Waals surface area contributed by atoms with E-state index in [2.05, 4.69) is 4.72 Å². The third-order valence-corrected chi connectivity index (χ3v) is 2.65. The van der Waals surface area contributed by atoms with Crippen LogP contribution in [0.2, 0.25) is 6.32 Å². The molecule has 0 aliphatic heterocycles. The van der Waals surface area contributed by atoms with Crippen LogP contribution in [0, 0.1) is 0 Å². The van der Waals surface area contributed by atoms with E-state index in [1.54, 1.807) is 12.1 Å². The van der Waals surface area contributed by atoms with Crippen molar-refractivity contribution in [1.82, 2.24) is 0 Å². The third-order valence-electron chi connectivity index (χ3n) is 2.04. The summed E-state index contributed by atoms with van der Waals surface area (Å²) in [5.74, 6) is -0.267. The second kappa shape index (κ2) is 5.33. The standard InChI is InChI=1S/C10H13BN2O3S/c1-17(15,16)13-9-3-7(6-12)2-8(4-9)10(14)5-11/h2-4,13H,5-6,12H2,1H3. The first kappa shape index (κ1) is 13.7. The molecular formula is C10H13BN2O3S. The average Bonchev–Trinajstić information content (AvgIpc) is 2.25. The van der Waals surface area contributed by atoms with Gasteiger partial charge in [0.25, 0.3) is 0 Å². The first-order valence-electron chi connectivity index (χ1n) is 4.91. The zero-order chi connectivity index (χ0) is 13.1. The molecule has 0 atom stereocenters. The van der Waals surface area contributed by atoms with Crippen molar-refractivity contribution in [3.8, 4) is 0 Å². The fourth-order valence-corrected chi connectivity index (χ4v) is 1.91. The Morgan fingerprint density at radius 3 is 2.53 bits per heavy atom. The Kier molecular flexibility index (Phi) is 4.30. The predicted octanol–water partition coefficient (Wildman–Crippen LogP) is 0.286. The van der Waals surface area contributed by atoms with Crippen molar-refractivity contribution in [2.24, 2.45) is 5.73 Å². The second-order valence-corrected chi connectivity index (χ2v) is 5.37. The number of rotatable bonds is 5. The number of hydrogen-bond donors (Lipinski definition) is 2. The van der Waals surface area contributed by atoms with E-state index in [0.29, 0.717) is 16.8 Å². The van der Waals surface area contributed by atoms with E-state index in [-0.39, 0.29) is 18.6 Å². The van der Waals surface area contributed by atoms with Gasteiger partial charge in [0, 0.05) is 17.8 Å². The van der Waals surface area contributed by atoms with Crippen LogP contribution in [-0.4, -0.2) is 28.3 Å². The van der Waals surface area contributed by atoms with Crippen molar-refractivity contribution in [3.05, 3.63) is 29.3 Å². The van der Waals surface area contributed by atoms with E-state index in [1.165, 1.54) is 6.07 Å². The van der Waals surface area contributed by atoms with Gasteiger partial charge in [0.15, 0.2) is 5.78 Å². The summed E-state index contributed by atoms with van der Waals surface area (Å²) in [6.07, 6.45) is 0.902. The minimum atomic E-state index is -3.38. The number of ketones is 1. The van der Waals surface area contributed by atoms with Crippen LogP contribution in [0.15, 0.2) is 18.2 Å². The summed E-state index contributed by atoms with van der Waals surface area (Å²) in [6.45, 7) is 0.212. The minimum absolute atomic E-state index is 0.133. The fraction of sp³-hybridized carbons (Fsp3) is 0.300. The highest BCUT2D eigenvalue weighted by molar-refractivity contribution is 7.92. The van der Waals surface area contributed by atoms with Crippen LogP contribution in [0.25, 0.3) is 0 Å². The zero-order valence-corrected chi connectivity index (χ0v) is 10.3. The zero-order valence-electron chi connectivity index (χ0n) is 9.43. The van der Waals surface area contributed by atoms with Crippen LogP contribution < -0.4 is 10.5 Å². The van der Waals surface area contributed by atoms with E-state index in [0.717, 1.165) is 6.26 Å². The summed E-state index contributed by atoms with van der Waals surface area (Å²) in [6, 6.07) is 4.62. The Balaban J connectivity index is 3.18. The summed E-state index contributed by atoms with van der Waals surface area (Å²) in [5, 5.41) is 0. The molecule has 0 saturated carbocycles. The number of carbonyl (C=O) groups excluding carboxylic acids is 1. The number of nitrogens with two attached hydrogens (primary N) is 1. The maximum Gasteiger partial charge on any atom is 0.229 e. The van der Waals surface area contributed by atoms with Gasteiger partial charge in [-0.05, 0) is 30.1 Å². The lowest BCUT2D eigenvalue weighted by molar-refractivity contribution is 0.101. The van der Waals surface area contributed by atoms with Gasteiger partial charge < -0.3 is 5.73 Å². The highest BCUT2D eigenvalue weighted by Crippen LogP contribution is 2.17. The van der Waals surface area contributed by atoms with Gasteiger partial charge in [-0.3, -0.25) is 9.52 Å². The number of anilines is 1. The summed E-state index contributed by atoms with van der Waals surface area (Å²) >= 11 is 0. The normalized spacial score (nSPS) is 11.2. The van der Waals surface area contributed by atoms with Crippen molar-refractivity contribution in [1.29, 1.82) is 0 Å². The number of carbonyl (C=O) groups is 1. The van der Waals surface area contributed by atoms with Crippen LogP contribution in [0.4, 0.5) is 5.69 Å². The van der Waals surface area contributed by atoms with E-state index >= 15 is 0 Å². The lowest BCUT2D eigenvalue weighted by atomic mass is 9.94. The quantitative estimate of drug-likeness (QED) is 0.582. The van der Waals surface area contributed by atoms with Crippen LogP contribution >= 0.6 is 0 Å². The van der Waals surface area contributed by atoms with Crippen LogP contribution in [0.1, 0.15) is 15.9 Å². The molecule has 0 aromatic heterocycles. The monoisotopic (exact) mass is 252 g/mol. The molecule has 0 spiro atoms. The van der Waals surface area contributed by atoms with Crippen molar-refractivity contribution >= 4 is 29.3 Å². The highest BCUT2D eigenvalue weighted by Gasteiger charge is 2.09. The molecule has 3 N–H and O–H groups in total. The predicted molar refractivity (Wildman–Crippen MR) is 67.7 cm³/mol. The molecule has 0 amide bonds. The largest absolute Gasteiger partial charge is 0.326 e. The molecule has 7 heteroatoms. The number of benzene rings is 1. The maximum atomic E-state index is 11.5. The molecule has 1 aromatic carbocycles. The summed E-state index contributed by atoms with van der Waals surface area (Å²) in [7, 11) is 1.87. The van der Waals surface area contributed by atoms with Gasteiger partial charge in [0.05, 0.1) is 14.1 Å². The van der Waals surface area contributed by atoms with Gasteiger partial charge in [-0.25, -0.2) is 8.42 Å². The minimum Gasteiger partial charge on any atom is -0.326 e. The first-order valence-corrected chi connectivity index (χ1v) is 6.80.